The van der Waals surface area contributed by atoms with Crippen LogP contribution < -0.4 is 9.80 Å². The van der Waals surface area contributed by atoms with E-state index < -0.39 is 0 Å². The second-order valence-corrected chi connectivity index (χ2v) is 7.52. The van der Waals surface area contributed by atoms with Gasteiger partial charge in [-0.25, -0.2) is 9.97 Å². The normalized spacial score (nSPS) is 35.9. The van der Waals surface area contributed by atoms with Gasteiger partial charge in [-0.1, -0.05) is 0 Å². The van der Waals surface area contributed by atoms with E-state index in [4.69, 9.17) is 21.1 Å². The molecule has 23 heavy (non-hydrogen) atoms. The molecule has 0 aromatic carbocycles. The van der Waals surface area contributed by atoms with E-state index >= 15 is 0 Å². The highest BCUT2D eigenvalue weighted by atomic mass is 35.5. The molecule has 4 fully saturated rings. The number of anilines is 2. The average Bonchev–Trinajstić information content (AvgIpc) is 3.07. The van der Waals surface area contributed by atoms with Crippen LogP contribution in [-0.4, -0.2) is 61.1 Å². The largest absolute Gasteiger partial charge is 0.376 e. The molecule has 0 spiro atoms. The van der Waals surface area contributed by atoms with E-state index in [-0.39, 0.29) is 0 Å². The fourth-order valence-electron chi connectivity index (χ4n) is 4.37. The number of aromatic nitrogens is 2. The van der Waals surface area contributed by atoms with E-state index in [0.717, 1.165) is 57.3 Å². The minimum absolute atomic E-state index is 0.329. The fraction of sp³-hybridized carbons (Fsp3) is 0.750. The van der Waals surface area contributed by atoms with Crippen molar-refractivity contribution in [3.05, 3.63) is 11.3 Å². The zero-order valence-electron chi connectivity index (χ0n) is 13.0. The summed E-state index contributed by atoms with van der Waals surface area (Å²) in [7, 11) is 0. The second kappa shape index (κ2) is 5.46. The lowest BCUT2D eigenvalue weighted by molar-refractivity contribution is 0.0302. The predicted octanol–water partition coefficient (Wildman–Crippen LogP) is 1.72. The van der Waals surface area contributed by atoms with Crippen LogP contribution >= 0.6 is 11.6 Å². The molecule has 5 rings (SSSR count). The number of hydrogen-bond donors (Lipinski definition) is 0. The van der Waals surface area contributed by atoms with Crippen LogP contribution in [0.1, 0.15) is 19.3 Å². The van der Waals surface area contributed by atoms with Crippen LogP contribution in [-0.2, 0) is 9.47 Å². The summed E-state index contributed by atoms with van der Waals surface area (Å²) in [4.78, 5) is 13.5. The van der Waals surface area contributed by atoms with Gasteiger partial charge in [-0.3, -0.25) is 0 Å². The van der Waals surface area contributed by atoms with Crippen molar-refractivity contribution in [3.8, 4) is 0 Å². The lowest BCUT2D eigenvalue weighted by Gasteiger charge is -2.34. The topological polar surface area (TPSA) is 50.7 Å². The van der Waals surface area contributed by atoms with Crippen molar-refractivity contribution in [2.45, 2.75) is 37.6 Å². The molecule has 0 N–H and O–H groups in total. The first-order valence-corrected chi connectivity index (χ1v) is 8.92. The first-order chi connectivity index (χ1) is 11.2. The van der Waals surface area contributed by atoms with Gasteiger partial charge in [-0.2, -0.15) is 0 Å². The van der Waals surface area contributed by atoms with E-state index in [1.54, 1.807) is 0 Å². The van der Waals surface area contributed by atoms with Gasteiger partial charge < -0.3 is 19.3 Å². The summed E-state index contributed by atoms with van der Waals surface area (Å²) in [6.45, 7) is 4.57. The Balaban J connectivity index is 1.41. The molecular weight excluding hydrogens is 316 g/mol. The minimum atomic E-state index is 0.329. The fourth-order valence-corrected chi connectivity index (χ4v) is 4.55. The average molecular weight is 337 g/mol. The van der Waals surface area contributed by atoms with Crippen molar-refractivity contribution in [1.82, 2.24) is 9.97 Å². The Bertz CT molecular complexity index is 543. The third-order valence-corrected chi connectivity index (χ3v) is 5.60. The van der Waals surface area contributed by atoms with Crippen LogP contribution in [0.5, 0.6) is 0 Å². The summed E-state index contributed by atoms with van der Waals surface area (Å²) in [5, 5.41) is 0.329. The van der Waals surface area contributed by atoms with Crippen molar-refractivity contribution < 1.29 is 9.47 Å². The van der Waals surface area contributed by atoms with Crippen molar-refractivity contribution >= 4 is 23.2 Å². The van der Waals surface area contributed by atoms with Crippen molar-refractivity contribution in [2.75, 3.05) is 42.6 Å². The van der Waals surface area contributed by atoms with Crippen LogP contribution in [0, 0.1) is 5.92 Å². The molecule has 6 nitrogen and oxygen atoms in total. The molecule has 5 heterocycles. The zero-order valence-corrected chi connectivity index (χ0v) is 13.8. The number of halogens is 1. The Labute approximate surface area is 140 Å². The van der Waals surface area contributed by atoms with Crippen LogP contribution in [0.2, 0.25) is 5.28 Å². The molecule has 4 aliphatic heterocycles. The van der Waals surface area contributed by atoms with Gasteiger partial charge in [-0.05, 0) is 30.9 Å². The molecule has 4 saturated heterocycles. The first kappa shape index (κ1) is 14.3. The quantitative estimate of drug-likeness (QED) is 0.767. The van der Waals surface area contributed by atoms with E-state index in [1.165, 1.54) is 6.42 Å². The molecule has 4 unspecified atom stereocenters. The number of hydrogen-bond acceptors (Lipinski definition) is 6. The molecule has 4 aliphatic rings. The highest BCUT2D eigenvalue weighted by Gasteiger charge is 2.36. The van der Waals surface area contributed by atoms with Crippen LogP contribution in [0.25, 0.3) is 0 Å². The summed E-state index contributed by atoms with van der Waals surface area (Å²) in [6.07, 6.45) is 4.49. The van der Waals surface area contributed by atoms with E-state index in [0.29, 0.717) is 29.5 Å². The van der Waals surface area contributed by atoms with Gasteiger partial charge in [0.1, 0.15) is 11.6 Å². The Hall–Kier alpha value is -1.11. The molecule has 0 saturated carbocycles. The van der Waals surface area contributed by atoms with Gasteiger partial charge in [0.15, 0.2) is 0 Å². The second-order valence-electron chi connectivity index (χ2n) is 7.18. The van der Waals surface area contributed by atoms with Crippen LogP contribution in [0.3, 0.4) is 0 Å². The number of fused-ring (bicyclic) bond motifs is 4. The van der Waals surface area contributed by atoms with Gasteiger partial charge in [0.2, 0.25) is 5.28 Å². The summed E-state index contributed by atoms with van der Waals surface area (Å²) in [5.74, 6) is 2.48. The highest BCUT2D eigenvalue weighted by Crippen LogP contribution is 2.33. The molecule has 1 aromatic heterocycles. The van der Waals surface area contributed by atoms with Gasteiger partial charge in [0.05, 0.1) is 24.9 Å². The van der Waals surface area contributed by atoms with Crippen LogP contribution in [0.15, 0.2) is 6.07 Å². The van der Waals surface area contributed by atoms with Crippen LogP contribution in [0.4, 0.5) is 11.6 Å². The smallest absolute Gasteiger partial charge is 0.226 e. The molecule has 0 amide bonds. The minimum Gasteiger partial charge on any atom is -0.376 e. The molecule has 0 radical (unpaired) electrons. The molecule has 4 bridgehead atoms. The van der Waals surface area contributed by atoms with Crippen molar-refractivity contribution in [1.29, 1.82) is 0 Å². The Morgan fingerprint density at radius 1 is 0.957 bits per heavy atom. The molecule has 124 valence electrons. The predicted molar refractivity (Wildman–Crippen MR) is 87.2 cm³/mol. The number of morpholine rings is 1. The molecule has 1 aromatic rings. The standard InChI is InChI=1S/C16H21ClN4O2/c17-16-18-14(20-5-10-3-13(8-20)22-9-10)4-15(19-16)21-6-11-1-2-12(7-21)23-11/h4,10-13H,1-3,5-9H2. The Kier molecular flexibility index (Phi) is 3.39. The highest BCUT2D eigenvalue weighted by molar-refractivity contribution is 6.28. The van der Waals surface area contributed by atoms with Gasteiger partial charge >= 0.3 is 0 Å². The van der Waals surface area contributed by atoms with E-state index in [2.05, 4.69) is 25.8 Å². The number of rotatable bonds is 2. The lowest BCUT2D eigenvalue weighted by atomic mass is 10.0. The van der Waals surface area contributed by atoms with Gasteiger partial charge in [0.25, 0.3) is 0 Å². The van der Waals surface area contributed by atoms with Crippen molar-refractivity contribution in [3.63, 3.8) is 0 Å². The summed E-state index contributed by atoms with van der Waals surface area (Å²) >= 11 is 6.23. The SMILES string of the molecule is Clc1nc(N2CC3COC(C3)C2)cc(N2CC3CCC(C2)O3)n1. The Morgan fingerprint density at radius 3 is 2.30 bits per heavy atom. The maximum Gasteiger partial charge on any atom is 0.226 e. The number of piperidine rings is 1. The summed E-state index contributed by atoms with van der Waals surface area (Å²) in [6, 6.07) is 2.08. The molecule has 0 aliphatic carbocycles. The maximum atomic E-state index is 6.23. The monoisotopic (exact) mass is 336 g/mol. The Morgan fingerprint density at radius 2 is 1.61 bits per heavy atom. The summed E-state index contributed by atoms with van der Waals surface area (Å²) in [5.41, 5.74) is 0. The summed E-state index contributed by atoms with van der Waals surface area (Å²) < 4.78 is 11.7. The number of ether oxygens (including phenoxy) is 2. The third-order valence-electron chi connectivity index (χ3n) is 5.43. The van der Waals surface area contributed by atoms with Crippen molar-refractivity contribution in [2.24, 2.45) is 5.92 Å². The number of nitrogens with zero attached hydrogens (tertiary/aromatic N) is 4. The first-order valence-electron chi connectivity index (χ1n) is 8.54. The third kappa shape index (κ3) is 2.66. The molecule has 7 heteroatoms. The maximum absolute atomic E-state index is 6.23. The molecule has 4 atom stereocenters. The van der Waals surface area contributed by atoms with Gasteiger partial charge in [0, 0.05) is 38.2 Å². The lowest BCUT2D eigenvalue weighted by Crippen LogP contribution is -2.43. The van der Waals surface area contributed by atoms with E-state index in [9.17, 15) is 0 Å². The molecular formula is C16H21ClN4O2. The zero-order chi connectivity index (χ0) is 15.4. The van der Waals surface area contributed by atoms with Gasteiger partial charge in [-0.15, -0.1) is 0 Å². The van der Waals surface area contributed by atoms with E-state index in [1.807, 2.05) is 0 Å².